The number of aliphatic hydroxyl groups excluding tert-OH is 2. The topological polar surface area (TPSA) is 96.6 Å². The highest BCUT2D eigenvalue weighted by atomic mass is 35.5. The van der Waals surface area contributed by atoms with Crippen molar-refractivity contribution < 1.29 is 23.7 Å². The van der Waals surface area contributed by atoms with Gasteiger partial charge in [-0.05, 0) is 6.07 Å². The smallest absolute Gasteiger partial charge is 0.351 e. The van der Waals surface area contributed by atoms with Crippen molar-refractivity contribution in [2.75, 3.05) is 11.4 Å². The van der Waals surface area contributed by atoms with Gasteiger partial charge in [0.1, 0.15) is 11.9 Å². The molecule has 3 atom stereocenters. The van der Waals surface area contributed by atoms with Gasteiger partial charge in [0.05, 0.1) is 6.61 Å². The van der Waals surface area contributed by atoms with E-state index in [1.807, 2.05) is 0 Å². The molecule has 0 spiro atoms. The lowest BCUT2D eigenvalue weighted by Crippen LogP contribution is -2.41. The van der Waals surface area contributed by atoms with Crippen LogP contribution in [0.15, 0.2) is 17.1 Å². The van der Waals surface area contributed by atoms with Gasteiger partial charge in [-0.1, -0.05) is 0 Å². The fourth-order valence-corrected chi connectivity index (χ4v) is 1.87. The average Bonchev–Trinajstić information content (AvgIpc) is 2.61. The van der Waals surface area contributed by atoms with Gasteiger partial charge in [-0.3, -0.25) is 9.40 Å². The van der Waals surface area contributed by atoms with Crippen molar-refractivity contribution in [1.82, 2.24) is 9.55 Å². The average molecular weight is 298 g/mol. The van der Waals surface area contributed by atoms with Gasteiger partial charge in [0.25, 0.3) is 0 Å². The first kappa shape index (κ1) is 14.1. The first-order valence-corrected chi connectivity index (χ1v) is 5.57. The minimum atomic E-state index is -3.73. The third-order valence-electron chi connectivity index (χ3n) is 2.74. The zero-order valence-electron chi connectivity index (χ0n) is 9.33. The molecule has 0 amide bonds. The van der Waals surface area contributed by atoms with Crippen LogP contribution in [-0.4, -0.2) is 44.5 Å². The van der Waals surface area contributed by atoms with Crippen molar-refractivity contribution in [2.45, 2.75) is 24.4 Å². The second kappa shape index (κ2) is 5.00. The lowest BCUT2D eigenvalue weighted by molar-refractivity contribution is -0.140. The van der Waals surface area contributed by atoms with Crippen LogP contribution in [0.25, 0.3) is 0 Å². The molecule has 0 bridgehead atoms. The molecule has 2 heterocycles. The summed E-state index contributed by atoms with van der Waals surface area (Å²) in [6.07, 6.45) is -4.72. The Morgan fingerprint density at radius 2 is 2.32 bits per heavy atom. The van der Waals surface area contributed by atoms with Crippen LogP contribution >= 0.6 is 11.8 Å². The van der Waals surface area contributed by atoms with Gasteiger partial charge in [0.15, 0.2) is 6.10 Å². The first-order valence-electron chi connectivity index (χ1n) is 5.20. The summed E-state index contributed by atoms with van der Waals surface area (Å²) < 4.78 is 32.9. The monoisotopic (exact) mass is 297 g/mol. The largest absolute Gasteiger partial charge is 0.394 e. The van der Waals surface area contributed by atoms with Crippen LogP contribution in [0.1, 0.15) is 6.23 Å². The molecule has 3 N–H and O–H groups in total. The number of anilines is 1. The Kier molecular flexibility index (Phi) is 3.72. The fourth-order valence-electron chi connectivity index (χ4n) is 1.76. The molecule has 0 saturated carbocycles. The number of halogens is 3. The highest BCUT2D eigenvalue weighted by molar-refractivity contribution is 6.23. The van der Waals surface area contributed by atoms with Gasteiger partial charge in [-0.2, -0.15) is 13.8 Å². The van der Waals surface area contributed by atoms with Crippen LogP contribution in [0.2, 0.25) is 0 Å². The highest BCUT2D eigenvalue weighted by Crippen LogP contribution is 2.41. The Hall–Kier alpha value is -1.29. The molecule has 1 saturated heterocycles. The molecule has 0 aliphatic carbocycles. The lowest BCUT2D eigenvalue weighted by atomic mass is 10.1. The summed E-state index contributed by atoms with van der Waals surface area (Å²) in [5.41, 5.74) is -1.03. The second-order valence-corrected chi connectivity index (χ2v) is 4.11. The summed E-state index contributed by atoms with van der Waals surface area (Å²) in [6, 6.07) is 1.19. The van der Waals surface area contributed by atoms with Crippen LogP contribution in [0, 0.1) is 0 Å². The van der Waals surface area contributed by atoms with Crippen LogP contribution in [0.3, 0.4) is 0 Å². The Balaban J connectivity index is 2.39. The van der Waals surface area contributed by atoms with Crippen molar-refractivity contribution in [3.05, 3.63) is 22.7 Å². The highest BCUT2D eigenvalue weighted by Gasteiger charge is 2.59. The van der Waals surface area contributed by atoms with E-state index >= 15 is 0 Å². The Bertz CT molecular complexity index is 526. The van der Waals surface area contributed by atoms with Crippen LogP contribution < -0.4 is 10.5 Å². The van der Waals surface area contributed by atoms with E-state index in [0.717, 1.165) is 6.20 Å². The SMILES string of the molecule is O=c1nc(NCl)ccn1[C@@H]1O[C@H](CO)C(O)C1(F)F. The van der Waals surface area contributed by atoms with Crippen molar-refractivity contribution in [3.8, 4) is 0 Å². The number of aromatic nitrogens is 2. The predicted molar refractivity (Wildman–Crippen MR) is 59.9 cm³/mol. The van der Waals surface area contributed by atoms with E-state index < -0.39 is 36.7 Å². The van der Waals surface area contributed by atoms with Gasteiger partial charge >= 0.3 is 11.6 Å². The number of nitrogens with one attached hydrogen (secondary N) is 1. The molecule has 1 unspecified atom stereocenters. The standard InChI is InChI=1S/C9H10ClF2N3O4/c10-14-5-1-2-15(8(18)13-5)7-9(11,12)6(17)4(3-16)19-7/h1-2,4,6-7,16-17H,3H2,(H,13,14,18)/t4-,6?,7-/m1/s1. The molecule has 106 valence electrons. The third kappa shape index (κ3) is 2.29. The second-order valence-electron chi connectivity index (χ2n) is 3.93. The normalized spacial score (nSPS) is 29.4. The van der Waals surface area contributed by atoms with Crippen molar-refractivity contribution >= 4 is 17.6 Å². The molecule has 0 radical (unpaired) electrons. The number of hydrogen-bond acceptors (Lipinski definition) is 6. The third-order valence-corrected chi connectivity index (χ3v) is 2.93. The molecule has 10 heteroatoms. The summed E-state index contributed by atoms with van der Waals surface area (Å²) in [5, 5.41) is 18.2. The fraction of sp³-hybridized carbons (Fsp3) is 0.556. The maximum absolute atomic E-state index is 13.8. The summed E-state index contributed by atoms with van der Waals surface area (Å²) >= 11 is 5.22. The van der Waals surface area contributed by atoms with E-state index in [4.69, 9.17) is 21.6 Å². The van der Waals surface area contributed by atoms with Gasteiger partial charge in [-0.25, -0.2) is 4.79 Å². The Labute approximate surface area is 110 Å². The number of rotatable bonds is 3. The molecule has 1 aromatic rings. The molecular formula is C9H10ClF2N3O4. The molecule has 1 fully saturated rings. The number of hydrogen-bond donors (Lipinski definition) is 3. The number of ether oxygens (including phenoxy) is 1. The lowest BCUT2D eigenvalue weighted by Gasteiger charge is -2.20. The van der Waals surface area contributed by atoms with Crippen molar-refractivity contribution in [2.24, 2.45) is 0 Å². The summed E-state index contributed by atoms with van der Waals surface area (Å²) in [7, 11) is 0. The van der Waals surface area contributed by atoms with Gasteiger partial charge in [0.2, 0.25) is 6.23 Å². The zero-order valence-corrected chi connectivity index (χ0v) is 10.1. The summed E-state index contributed by atoms with van der Waals surface area (Å²) in [5.74, 6) is -3.74. The summed E-state index contributed by atoms with van der Waals surface area (Å²) in [4.78, 5) is 17.0. The predicted octanol–water partition coefficient (Wildman–Crippen LogP) is -0.305. The van der Waals surface area contributed by atoms with Crippen molar-refractivity contribution in [1.29, 1.82) is 0 Å². The maximum Gasteiger partial charge on any atom is 0.351 e. The zero-order chi connectivity index (χ0) is 14.2. The van der Waals surface area contributed by atoms with Crippen molar-refractivity contribution in [3.63, 3.8) is 0 Å². The molecule has 2 rings (SSSR count). The number of aliphatic hydroxyl groups is 2. The molecule has 1 aliphatic heterocycles. The van der Waals surface area contributed by atoms with E-state index in [1.165, 1.54) is 6.07 Å². The molecular weight excluding hydrogens is 288 g/mol. The minimum Gasteiger partial charge on any atom is -0.394 e. The summed E-state index contributed by atoms with van der Waals surface area (Å²) in [6.45, 7) is -0.795. The van der Waals surface area contributed by atoms with E-state index in [-0.39, 0.29) is 5.82 Å². The number of alkyl halides is 2. The Morgan fingerprint density at radius 1 is 1.63 bits per heavy atom. The van der Waals surface area contributed by atoms with Crippen LogP contribution in [-0.2, 0) is 4.74 Å². The molecule has 7 nitrogen and oxygen atoms in total. The molecule has 0 aromatic carbocycles. The number of nitrogens with zero attached hydrogens (tertiary/aromatic N) is 2. The molecule has 1 aliphatic rings. The van der Waals surface area contributed by atoms with E-state index in [9.17, 15) is 18.7 Å². The van der Waals surface area contributed by atoms with E-state index in [0.29, 0.717) is 4.57 Å². The molecule has 19 heavy (non-hydrogen) atoms. The Morgan fingerprint density at radius 3 is 2.79 bits per heavy atom. The van der Waals surface area contributed by atoms with E-state index in [2.05, 4.69) is 9.82 Å². The maximum atomic E-state index is 13.8. The van der Waals surface area contributed by atoms with Gasteiger partial charge in [0, 0.05) is 18.0 Å². The first-order chi connectivity index (χ1) is 8.91. The quantitative estimate of drug-likeness (QED) is 0.663. The minimum absolute atomic E-state index is 0.0107. The van der Waals surface area contributed by atoms with Gasteiger partial charge < -0.3 is 14.9 Å². The van der Waals surface area contributed by atoms with Gasteiger partial charge in [-0.15, -0.1) is 0 Å². The van der Waals surface area contributed by atoms with Crippen LogP contribution in [0.5, 0.6) is 0 Å². The van der Waals surface area contributed by atoms with E-state index in [1.54, 1.807) is 0 Å². The van der Waals surface area contributed by atoms with Crippen LogP contribution in [0.4, 0.5) is 14.6 Å². The molecule has 1 aromatic heterocycles.